The smallest absolute Gasteiger partial charge is 0.387 e. The normalized spacial score (nSPS) is 18.1. The molecule has 0 spiro atoms. The van der Waals surface area contributed by atoms with E-state index < -0.39 is 6.61 Å². The third kappa shape index (κ3) is 7.30. The standard InChI is InChI=1S/C19H30F2N4O2/c1-3-22-19(24-14-16-8-6-10-25(16)11-12-26-2)23-13-15-7-4-5-9-17(15)27-18(20)21/h4-5,7,9,16,18H,3,6,8,10-14H2,1-2H3,(H2,22,23,24). The van der Waals surface area contributed by atoms with Crippen LogP contribution in [0.25, 0.3) is 0 Å². The van der Waals surface area contributed by atoms with Crippen molar-refractivity contribution in [2.45, 2.75) is 39.0 Å². The molecule has 2 N–H and O–H groups in total. The van der Waals surface area contributed by atoms with Gasteiger partial charge in [-0.05, 0) is 32.4 Å². The average molecular weight is 384 g/mol. The summed E-state index contributed by atoms with van der Waals surface area (Å²) < 4.78 is 34.8. The zero-order valence-electron chi connectivity index (χ0n) is 16.1. The van der Waals surface area contributed by atoms with E-state index in [4.69, 9.17) is 4.74 Å². The predicted molar refractivity (Wildman–Crippen MR) is 102 cm³/mol. The summed E-state index contributed by atoms with van der Waals surface area (Å²) in [4.78, 5) is 6.95. The molecular weight excluding hydrogens is 354 g/mol. The third-order valence-electron chi connectivity index (χ3n) is 4.53. The summed E-state index contributed by atoms with van der Waals surface area (Å²) in [7, 11) is 1.72. The van der Waals surface area contributed by atoms with Gasteiger partial charge in [0.15, 0.2) is 5.96 Å². The molecule has 6 nitrogen and oxygen atoms in total. The Balaban J connectivity index is 1.94. The number of alkyl halides is 2. The molecule has 0 saturated carbocycles. The van der Waals surface area contributed by atoms with Crippen molar-refractivity contribution in [1.29, 1.82) is 0 Å². The van der Waals surface area contributed by atoms with Crippen molar-refractivity contribution in [3.63, 3.8) is 0 Å². The number of likely N-dealkylation sites (tertiary alicyclic amines) is 1. The number of aliphatic imine (C=N–C) groups is 1. The molecule has 27 heavy (non-hydrogen) atoms. The molecule has 1 aliphatic heterocycles. The van der Waals surface area contributed by atoms with Gasteiger partial charge in [-0.3, -0.25) is 4.90 Å². The molecule has 1 atom stereocenters. The Bertz CT molecular complexity index is 587. The highest BCUT2D eigenvalue weighted by Crippen LogP contribution is 2.21. The van der Waals surface area contributed by atoms with Gasteiger partial charge in [-0.15, -0.1) is 0 Å². The van der Waals surface area contributed by atoms with Crippen LogP contribution in [0.4, 0.5) is 8.78 Å². The van der Waals surface area contributed by atoms with Crippen LogP contribution in [0, 0.1) is 0 Å². The largest absolute Gasteiger partial charge is 0.434 e. The van der Waals surface area contributed by atoms with E-state index in [2.05, 4.69) is 25.3 Å². The number of ether oxygens (including phenoxy) is 2. The number of guanidine groups is 1. The molecule has 0 amide bonds. The molecule has 0 bridgehead atoms. The molecule has 8 heteroatoms. The lowest BCUT2D eigenvalue weighted by atomic mass is 10.2. The summed E-state index contributed by atoms with van der Waals surface area (Å²) in [6, 6.07) is 7.18. The number of hydrogen-bond donors (Lipinski definition) is 2. The molecule has 1 saturated heterocycles. The quantitative estimate of drug-likeness (QED) is 0.479. The maximum absolute atomic E-state index is 12.5. The summed E-state index contributed by atoms with van der Waals surface area (Å²) in [5.74, 6) is 0.830. The molecule has 1 heterocycles. The minimum atomic E-state index is -2.85. The topological polar surface area (TPSA) is 58.1 Å². The average Bonchev–Trinajstić information content (AvgIpc) is 3.10. The van der Waals surface area contributed by atoms with E-state index in [0.717, 1.165) is 39.2 Å². The summed E-state index contributed by atoms with van der Waals surface area (Å²) in [5.41, 5.74) is 0.623. The molecule has 1 aromatic carbocycles. The minimum absolute atomic E-state index is 0.161. The van der Waals surface area contributed by atoms with Crippen molar-refractivity contribution in [2.24, 2.45) is 4.99 Å². The summed E-state index contributed by atoms with van der Waals surface area (Å²) in [6.45, 7) is 3.65. The van der Waals surface area contributed by atoms with Gasteiger partial charge in [-0.25, -0.2) is 4.99 Å². The summed E-state index contributed by atoms with van der Waals surface area (Å²) in [5, 5.41) is 6.57. The first-order valence-corrected chi connectivity index (χ1v) is 9.42. The Morgan fingerprint density at radius 1 is 1.33 bits per heavy atom. The summed E-state index contributed by atoms with van der Waals surface area (Å²) in [6.07, 6.45) is 2.32. The van der Waals surface area contributed by atoms with E-state index in [1.54, 1.807) is 25.3 Å². The number of halogens is 2. The van der Waals surface area contributed by atoms with Crippen LogP contribution in [0.5, 0.6) is 5.75 Å². The zero-order chi connectivity index (χ0) is 19.5. The summed E-state index contributed by atoms with van der Waals surface area (Å²) >= 11 is 0. The number of hydrogen-bond acceptors (Lipinski definition) is 4. The van der Waals surface area contributed by atoms with Gasteiger partial charge in [-0.1, -0.05) is 18.2 Å². The van der Waals surface area contributed by atoms with Gasteiger partial charge in [-0.2, -0.15) is 8.78 Å². The maximum Gasteiger partial charge on any atom is 0.387 e. The molecule has 2 rings (SSSR count). The van der Waals surface area contributed by atoms with Crippen molar-refractivity contribution in [2.75, 3.05) is 39.9 Å². The van der Waals surface area contributed by atoms with E-state index >= 15 is 0 Å². The molecule has 1 aliphatic rings. The first kappa shape index (κ1) is 21.4. The Kier molecular flexibility index (Phi) is 9.27. The molecule has 152 valence electrons. The van der Waals surface area contributed by atoms with Crippen LogP contribution in [0.2, 0.25) is 0 Å². The molecular formula is C19H30F2N4O2. The van der Waals surface area contributed by atoms with E-state index in [1.165, 1.54) is 12.5 Å². The number of benzene rings is 1. The number of nitrogens with one attached hydrogen (secondary N) is 2. The maximum atomic E-state index is 12.5. The van der Waals surface area contributed by atoms with E-state index in [0.29, 0.717) is 17.6 Å². The van der Waals surface area contributed by atoms with Crippen LogP contribution in [-0.2, 0) is 11.3 Å². The molecule has 0 aliphatic carbocycles. The molecule has 1 unspecified atom stereocenters. The van der Waals surface area contributed by atoms with E-state index in [-0.39, 0.29) is 12.3 Å². The van der Waals surface area contributed by atoms with Gasteiger partial charge in [0.2, 0.25) is 0 Å². The van der Waals surface area contributed by atoms with Gasteiger partial charge in [0.1, 0.15) is 5.75 Å². The Morgan fingerprint density at radius 3 is 2.89 bits per heavy atom. The van der Waals surface area contributed by atoms with Gasteiger partial charge < -0.3 is 20.1 Å². The number of rotatable bonds is 10. The van der Waals surface area contributed by atoms with Crippen molar-refractivity contribution in [3.8, 4) is 5.75 Å². The van der Waals surface area contributed by atoms with Gasteiger partial charge >= 0.3 is 6.61 Å². The van der Waals surface area contributed by atoms with Crippen molar-refractivity contribution < 1.29 is 18.3 Å². The highest BCUT2D eigenvalue weighted by molar-refractivity contribution is 5.79. The number of para-hydroxylation sites is 1. The van der Waals surface area contributed by atoms with Crippen molar-refractivity contribution in [3.05, 3.63) is 29.8 Å². The minimum Gasteiger partial charge on any atom is -0.434 e. The SMILES string of the molecule is CCNC(=NCc1ccccc1OC(F)F)NCC1CCCN1CCOC. The lowest BCUT2D eigenvalue weighted by Gasteiger charge is -2.25. The molecule has 1 fully saturated rings. The Hall–Kier alpha value is -1.93. The second-order valence-electron chi connectivity index (χ2n) is 6.39. The Labute approximate surface area is 159 Å². The lowest BCUT2D eigenvalue weighted by Crippen LogP contribution is -2.45. The third-order valence-corrected chi connectivity index (χ3v) is 4.53. The fourth-order valence-electron chi connectivity index (χ4n) is 3.20. The van der Waals surface area contributed by atoms with Crippen molar-refractivity contribution in [1.82, 2.24) is 15.5 Å². The van der Waals surface area contributed by atoms with Gasteiger partial charge in [0.25, 0.3) is 0 Å². The van der Waals surface area contributed by atoms with Crippen LogP contribution in [-0.4, -0.2) is 63.4 Å². The Morgan fingerprint density at radius 2 is 2.15 bits per heavy atom. The van der Waals surface area contributed by atoms with E-state index in [1.807, 2.05) is 6.92 Å². The molecule has 0 aromatic heterocycles. The highest BCUT2D eigenvalue weighted by atomic mass is 19.3. The van der Waals surface area contributed by atoms with E-state index in [9.17, 15) is 8.78 Å². The monoisotopic (exact) mass is 384 g/mol. The second kappa shape index (κ2) is 11.7. The second-order valence-corrected chi connectivity index (χ2v) is 6.39. The first-order chi connectivity index (χ1) is 13.1. The van der Waals surface area contributed by atoms with Crippen LogP contribution >= 0.6 is 0 Å². The lowest BCUT2D eigenvalue weighted by molar-refractivity contribution is -0.0504. The van der Waals surface area contributed by atoms with Crippen molar-refractivity contribution >= 4 is 5.96 Å². The number of methoxy groups -OCH3 is 1. The van der Waals surface area contributed by atoms with Gasteiger partial charge in [0, 0.05) is 38.3 Å². The van der Waals surface area contributed by atoms with Crippen LogP contribution < -0.4 is 15.4 Å². The first-order valence-electron chi connectivity index (χ1n) is 9.42. The van der Waals surface area contributed by atoms with Crippen LogP contribution in [0.1, 0.15) is 25.3 Å². The van der Waals surface area contributed by atoms with Gasteiger partial charge in [0.05, 0.1) is 13.2 Å². The number of nitrogens with zero attached hydrogens (tertiary/aromatic N) is 2. The molecule has 0 radical (unpaired) electrons. The fourth-order valence-corrected chi connectivity index (χ4v) is 3.20. The van der Waals surface area contributed by atoms with Crippen LogP contribution in [0.15, 0.2) is 29.3 Å². The highest BCUT2D eigenvalue weighted by Gasteiger charge is 2.24. The molecule has 1 aromatic rings. The zero-order valence-corrected chi connectivity index (χ0v) is 16.1. The van der Waals surface area contributed by atoms with Crippen LogP contribution in [0.3, 0.4) is 0 Å². The predicted octanol–water partition coefficient (Wildman–Crippen LogP) is 2.45. The fraction of sp³-hybridized carbons (Fsp3) is 0.632.